The van der Waals surface area contributed by atoms with Crippen molar-refractivity contribution in [3.8, 4) is 0 Å². The molecule has 2 N–H and O–H groups in total. The fourth-order valence-corrected chi connectivity index (χ4v) is 3.12. The van der Waals surface area contributed by atoms with E-state index in [1.54, 1.807) is 0 Å². The molecular formula is C22H31BN4O3. The Labute approximate surface area is 179 Å². The molecule has 30 heavy (non-hydrogen) atoms. The molecule has 0 unspecified atom stereocenters. The normalized spacial score (nSPS) is 12.8. The van der Waals surface area contributed by atoms with Crippen LogP contribution in [0, 0.1) is 5.92 Å². The maximum absolute atomic E-state index is 13.1. The van der Waals surface area contributed by atoms with Crippen molar-refractivity contribution < 1.29 is 14.2 Å². The number of benzene rings is 1. The van der Waals surface area contributed by atoms with Gasteiger partial charge in [-0.2, -0.15) is 0 Å². The van der Waals surface area contributed by atoms with Crippen molar-refractivity contribution in [2.75, 3.05) is 6.61 Å². The average Bonchev–Trinajstić information content (AvgIpc) is 2.74. The smallest absolute Gasteiger partial charge is 0.297 e. The van der Waals surface area contributed by atoms with E-state index >= 15 is 0 Å². The zero-order valence-electron chi connectivity index (χ0n) is 18.0. The number of nitrogens with zero attached hydrogens (tertiary/aromatic N) is 2. The van der Waals surface area contributed by atoms with Crippen LogP contribution in [0.15, 0.2) is 48.9 Å². The Balaban J connectivity index is 2.12. The molecule has 1 heterocycles. The van der Waals surface area contributed by atoms with E-state index in [0.717, 1.165) is 18.4 Å². The zero-order valence-corrected chi connectivity index (χ0v) is 18.0. The molecule has 0 spiro atoms. The van der Waals surface area contributed by atoms with Crippen molar-refractivity contribution in [3.05, 3.63) is 60.2 Å². The number of hydrogen-bond acceptors (Lipinski definition) is 5. The molecule has 2 aromatic rings. The fraction of sp³-hybridized carbons (Fsp3) is 0.455. The highest BCUT2D eigenvalue weighted by Gasteiger charge is 2.25. The van der Waals surface area contributed by atoms with Gasteiger partial charge in [-0.3, -0.25) is 14.6 Å². The Kier molecular flexibility index (Phi) is 10.0. The third-order valence-electron chi connectivity index (χ3n) is 4.47. The van der Waals surface area contributed by atoms with E-state index in [9.17, 15) is 9.59 Å². The maximum Gasteiger partial charge on any atom is 0.297 e. The summed E-state index contributed by atoms with van der Waals surface area (Å²) in [6.07, 6.45) is 6.43. The van der Waals surface area contributed by atoms with Crippen LogP contribution in [0.2, 0.25) is 0 Å². The minimum Gasteiger partial charge on any atom is -0.437 e. The molecule has 1 aromatic heterocycles. The van der Waals surface area contributed by atoms with E-state index in [-0.39, 0.29) is 17.5 Å². The molecular weight excluding hydrogens is 379 g/mol. The molecule has 0 radical (unpaired) electrons. The van der Waals surface area contributed by atoms with Gasteiger partial charge in [0.1, 0.15) is 11.7 Å². The molecule has 2 amide bonds. The van der Waals surface area contributed by atoms with Crippen LogP contribution in [-0.4, -0.2) is 47.9 Å². The van der Waals surface area contributed by atoms with Crippen molar-refractivity contribution in [1.82, 2.24) is 20.6 Å². The number of nitrogens with one attached hydrogen (secondary N) is 2. The predicted molar refractivity (Wildman–Crippen MR) is 118 cm³/mol. The molecule has 0 saturated heterocycles. The Morgan fingerprint density at radius 2 is 1.90 bits per heavy atom. The molecule has 0 bridgehead atoms. The van der Waals surface area contributed by atoms with Crippen LogP contribution in [0.1, 0.15) is 49.7 Å². The van der Waals surface area contributed by atoms with Gasteiger partial charge in [0.05, 0.1) is 6.20 Å². The summed E-state index contributed by atoms with van der Waals surface area (Å²) >= 11 is 0. The number of amides is 2. The van der Waals surface area contributed by atoms with E-state index < -0.39 is 11.9 Å². The second kappa shape index (κ2) is 12.7. The van der Waals surface area contributed by atoms with Gasteiger partial charge in [-0.05, 0) is 24.3 Å². The molecule has 0 aliphatic heterocycles. The highest BCUT2D eigenvalue weighted by Crippen LogP contribution is 2.08. The maximum atomic E-state index is 13.1. The number of aromatic nitrogens is 2. The second-order valence-electron chi connectivity index (χ2n) is 7.72. The highest BCUT2D eigenvalue weighted by molar-refractivity contribution is 6.30. The molecule has 1 aromatic carbocycles. The highest BCUT2D eigenvalue weighted by atomic mass is 16.4. The average molecular weight is 410 g/mol. The summed E-state index contributed by atoms with van der Waals surface area (Å²) in [6, 6.07) is 8.88. The summed E-state index contributed by atoms with van der Waals surface area (Å²) in [6.45, 7) is 6.92. The Hall–Kier alpha value is -2.74. The number of hydrogen-bond donors (Lipinski definition) is 2. The van der Waals surface area contributed by atoms with Crippen LogP contribution in [0.5, 0.6) is 0 Å². The van der Waals surface area contributed by atoms with Gasteiger partial charge in [0, 0.05) is 31.4 Å². The minimum atomic E-state index is -0.734. The van der Waals surface area contributed by atoms with E-state index in [2.05, 4.69) is 34.4 Å². The van der Waals surface area contributed by atoms with Crippen molar-refractivity contribution in [3.63, 3.8) is 0 Å². The first kappa shape index (κ1) is 23.5. The topological polar surface area (TPSA) is 93.2 Å². The molecule has 2 rings (SSSR count). The summed E-state index contributed by atoms with van der Waals surface area (Å²) in [7, 11) is 0.452. The standard InChI is InChI=1S/C22H31BN4O3/c1-4-12-30-23-20(13-16(2)3)27-21(28)18(14-17-8-6-5-7-9-17)26-22(29)19-15-24-10-11-25-19/h5-11,15-16,18,20,23H,4,12-14H2,1-3H3,(H,26,29)(H,27,28)/t18-,20-/m0/s1. The van der Waals surface area contributed by atoms with Gasteiger partial charge in [-0.25, -0.2) is 4.98 Å². The largest absolute Gasteiger partial charge is 0.437 e. The Morgan fingerprint density at radius 3 is 2.53 bits per heavy atom. The van der Waals surface area contributed by atoms with Crippen molar-refractivity contribution in [2.45, 2.75) is 52.0 Å². The van der Waals surface area contributed by atoms with Crippen LogP contribution in [0.3, 0.4) is 0 Å². The Morgan fingerprint density at radius 1 is 1.13 bits per heavy atom. The van der Waals surface area contributed by atoms with E-state index in [1.165, 1.54) is 18.6 Å². The van der Waals surface area contributed by atoms with Gasteiger partial charge >= 0.3 is 0 Å². The Bertz CT molecular complexity index is 774. The molecule has 2 atom stereocenters. The fourth-order valence-electron chi connectivity index (χ4n) is 3.12. The molecule has 0 aliphatic rings. The lowest BCUT2D eigenvalue weighted by atomic mass is 9.81. The monoisotopic (exact) mass is 410 g/mol. The number of carbonyl (C=O) groups excluding carboxylic acids is 2. The third-order valence-corrected chi connectivity index (χ3v) is 4.47. The van der Waals surface area contributed by atoms with Gasteiger partial charge in [0.25, 0.3) is 13.4 Å². The van der Waals surface area contributed by atoms with Gasteiger partial charge in [0.15, 0.2) is 0 Å². The summed E-state index contributed by atoms with van der Waals surface area (Å²) in [5, 5.41) is 5.88. The lowest BCUT2D eigenvalue weighted by molar-refractivity contribution is -0.123. The lowest BCUT2D eigenvalue weighted by Gasteiger charge is -2.24. The van der Waals surface area contributed by atoms with Crippen LogP contribution in [0.4, 0.5) is 0 Å². The van der Waals surface area contributed by atoms with Gasteiger partial charge < -0.3 is 15.3 Å². The number of carbonyl (C=O) groups is 2. The first-order valence-corrected chi connectivity index (χ1v) is 10.5. The van der Waals surface area contributed by atoms with Gasteiger partial charge in [-0.1, -0.05) is 51.1 Å². The first-order chi connectivity index (χ1) is 14.5. The molecule has 8 heteroatoms. The van der Waals surface area contributed by atoms with Crippen molar-refractivity contribution >= 4 is 19.3 Å². The van der Waals surface area contributed by atoms with Gasteiger partial charge in [-0.15, -0.1) is 0 Å². The first-order valence-electron chi connectivity index (χ1n) is 10.5. The predicted octanol–water partition coefficient (Wildman–Crippen LogP) is 2.08. The van der Waals surface area contributed by atoms with Crippen LogP contribution >= 0.6 is 0 Å². The molecule has 160 valence electrons. The summed E-state index contributed by atoms with van der Waals surface area (Å²) in [4.78, 5) is 33.7. The molecule has 0 aliphatic carbocycles. The van der Waals surface area contributed by atoms with Crippen LogP contribution in [-0.2, 0) is 15.9 Å². The van der Waals surface area contributed by atoms with Crippen molar-refractivity contribution in [2.24, 2.45) is 5.92 Å². The summed E-state index contributed by atoms with van der Waals surface area (Å²) < 4.78 is 5.67. The number of rotatable bonds is 12. The quantitative estimate of drug-likeness (QED) is 0.413. The lowest BCUT2D eigenvalue weighted by Crippen LogP contribution is -2.52. The SMILES string of the molecule is CCCOB[C@H](CC(C)C)NC(=O)[C@H](Cc1ccccc1)NC(=O)c1cnccn1. The summed E-state index contributed by atoms with van der Waals surface area (Å²) in [5.41, 5.74) is 1.13. The molecule has 0 fully saturated rings. The van der Waals surface area contributed by atoms with Gasteiger partial charge in [0.2, 0.25) is 5.91 Å². The minimum absolute atomic E-state index is 0.115. The van der Waals surface area contributed by atoms with Crippen LogP contribution in [0.25, 0.3) is 0 Å². The summed E-state index contributed by atoms with van der Waals surface area (Å²) in [5.74, 6) is -0.373. The van der Waals surface area contributed by atoms with E-state index in [0.29, 0.717) is 26.4 Å². The molecule has 7 nitrogen and oxygen atoms in total. The third kappa shape index (κ3) is 8.33. The van der Waals surface area contributed by atoms with E-state index in [1.807, 2.05) is 37.3 Å². The van der Waals surface area contributed by atoms with Crippen molar-refractivity contribution in [1.29, 1.82) is 0 Å². The van der Waals surface area contributed by atoms with Crippen LogP contribution < -0.4 is 10.6 Å². The molecule has 0 saturated carbocycles. The zero-order chi connectivity index (χ0) is 21.8. The van der Waals surface area contributed by atoms with E-state index in [4.69, 9.17) is 4.65 Å². The second-order valence-corrected chi connectivity index (χ2v) is 7.72.